The average molecular weight is 392 g/mol. The fraction of sp³-hybridized carbons (Fsp3) is 0.417. The van der Waals surface area contributed by atoms with E-state index < -0.39 is 5.92 Å². The number of methoxy groups -OCH3 is 1. The molecular weight excluding hydrogens is 364 g/mol. The number of hydrogen-bond acceptors (Lipinski definition) is 5. The highest BCUT2D eigenvalue weighted by Crippen LogP contribution is 2.31. The smallest absolute Gasteiger partial charge is 0.173 e. The van der Waals surface area contributed by atoms with Crippen molar-refractivity contribution in [2.24, 2.45) is 5.92 Å². The minimum absolute atomic E-state index is 0.0204. The van der Waals surface area contributed by atoms with Gasteiger partial charge in [-0.1, -0.05) is 48.9 Å². The zero-order valence-electron chi connectivity index (χ0n) is 16.9. The Labute approximate surface area is 172 Å². The number of rotatable bonds is 5. The molecule has 1 aliphatic carbocycles. The van der Waals surface area contributed by atoms with Crippen molar-refractivity contribution in [3.05, 3.63) is 60.2 Å². The maximum atomic E-state index is 13.2. The van der Waals surface area contributed by atoms with Gasteiger partial charge in [-0.15, -0.1) is 0 Å². The summed E-state index contributed by atoms with van der Waals surface area (Å²) in [6, 6.07) is 17.1. The number of Topliss-reactive ketones (excluding diaryl/α,β-unsaturated/α-hetero) is 2. The second-order valence-corrected chi connectivity index (χ2v) is 7.83. The number of para-hydroxylation sites is 2. The summed E-state index contributed by atoms with van der Waals surface area (Å²) in [7, 11) is 1.69. The van der Waals surface area contributed by atoms with E-state index in [2.05, 4.69) is 15.9 Å². The number of benzene rings is 2. The summed E-state index contributed by atoms with van der Waals surface area (Å²) in [6.07, 6.45) is 2.45. The molecule has 0 amide bonds. The first kappa shape index (κ1) is 19.6. The minimum Gasteiger partial charge on any atom is -0.495 e. The molecule has 1 heterocycles. The van der Waals surface area contributed by atoms with Gasteiger partial charge >= 0.3 is 0 Å². The lowest BCUT2D eigenvalue weighted by Crippen LogP contribution is -2.55. The normalized spacial score (nSPS) is 23.1. The van der Waals surface area contributed by atoms with Gasteiger partial charge in [-0.25, -0.2) is 0 Å². The quantitative estimate of drug-likeness (QED) is 0.576. The van der Waals surface area contributed by atoms with Crippen molar-refractivity contribution in [2.75, 3.05) is 38.2 Å². The first-order valence-electron chi connectivity index (χ1n) is 10.4. The second-order valence-electron chi connectivity index (χ2n) is 7.83. The number of piperazine rings is 1. The van der Waals surface area contributed by atoms with Crippen molar-refractivity contribution in [2.45, 2.75) is 25.3 Å². The van der Waals surface area contributed by atoms with Crippen LogP contribution in [0.4, 0.5) is 5.69 Å². The van der Waals surface area contributed by atoms with Gasteiger partial charge in [0.25, 0.3) is 0 Å². The molecule has 2 unspecified atom stereocenters. The zero-order chi connectivity index (χ0) is 20.2. The Bertz CT molecular complexity index is 859. The van der Waals surface area contributed by atoms with Gasteiger partial charge in [0, 0.05) is 31.7 Å². The Morgan fingerprint density at radius 3 is 2.34 bits per heavy atom. The van der Waals surface area contributed by atoms with E-state index in [1.807, 2.05) is 48.5 Å². The molecule has 29 heavy (non-hydrogen) atoms. The van der Waals surface area contributed by atoms with Crippen molar-refractivity contribution in [3.63, 3.8) is 0 Å². The van der Waals surface area contributed by atoms with Crippen LogP contribution in [-0.2, 0) is 4.79 Å². The fourth-order valence-electron chi connectivity index (χ4n) is 4.62. The monoisotopic (exact) mass is 392 g/mol. The number of anilines is 1. The zero-order valence-corrected chi connectivity index (χ0v) is 16.9. The lowest BCUT2D eigenvalue weighted by Gasteiger charge is -2.42. The molecule has 1 saturated carbocycles. The molecule has 5 nitrogen and oxygen atoms in total. The van der Waals surface area contributed by atoms with E-state index in [0.29, 0.717) is 12.0 Å². The molecule has 2 aromatic carbocycles. The molecule has 0 spiro atoms. The van der Waals surface area contributed by atoms with Crippen molar-refractivity contribution in [1.29, 1.82) is 0 Å². The van der Waals surface area contributed by atoms with Gasteiger partial charge in [-0.3, -0.25) is 14.5 Å². The van der Waals surface area contributed by atoms with E-state index in [-0.39, 0.29) is 17.6 Å². The Morgan fingerprint density at radius 2 is 1.62 bits per heavy atom. The molecule has 2 fully saturated rings. The average Bonchev–Trinajstić information content (AvgIpc) is 2.79. The lowest BCUT2D eigenvalue weighted by molar-refractivity contribution is -0.129. The van der Waals surface area contributed by atoms with Crippen LogP contribution in [0.5, 0.6) is 5.75 Å². The number of ketones is 2. The Balaban J connectivity index is 1.42. The van der Waals surface area contributed by atoms with Gasteiger partial charge in [0.1, 0.15) is 5.75 Å². The van der Waals surface area contributed by atoms with Crippen molar-refractivity contribution in [3.8, 4) is 5.75 Å². The summed E-state index contributed by atoms with van der Waals surface area (Å²) in [5.74, 6) is 0.468. The van der Waals surface area contributed by atoms with E-state index in [4.69, 9.17) is 4.74 Å². The molecule has 5 heteroatoms. The molecule has 0 N–H and O–H groups in total. The largest absolute Gasteiger partial charge is 0.495 e. The highest BCUT2D eigenvalue weighted by molar-refractivity contribution is 6.12. The topological polar surface area (TPSA) is 49.9 Å². The van der Waals surface area contributed by atoms with Gasteiger partial charge in [0.05, 0.1) is 24.8 Å². The number of carbonyl (C=O) groups excluding carboxylic acids is 2. The third-order valence-electron chi connectivity index (χ3n) is 6.20. The van der Waals surface area contributed by atoms with E-state index >= 15 is 0 Å². The highest BCUT2D eigenvalue weighted by atomic mass is 16.5. The first-order valence-corrected chi connectivity index (χ1v) is 10.4. The van der Waals surface area contributed by atoms with Crippen LogP contribution >= 0.6 is 0 Å². The summed E-state index contributed by atoms with van der Waals surface area (Å²) in [5.41, 5.74) is 1.74. The van der Waals surface area contributed by atoms with E-state index in [1.165, 1.54) is 0 Å². The number of carbonyl (C=O) groups is 2. The maximum absolute atomic E-state index is 13.2. The Hall–Kier alpha value is -2.66. The van der Waals surface area contributed by atoms with Gasteiger partial charge in [-0.05, 0) is 25.0 Å². The third-order valence-corrected chi connectivity index (χ3v) is 6.20. The van der Waals surface area contributed by atoms with Crippen LogP contribution in [0.2, 0.25) is 0 Å². The van der Waals surface area contributed by atoms with E-state index in [0.717, 1.165) is 50.5 Å². The summed E-state index contributed by atoms with van der Waals surface area (Å²) in [4.78, 5) is 30.7. The van der Waals surface area contributed by atoms with Gasteiger partial charge in [0.2, 0.25) is 0 Å². The van der Waals surface area contributed by atoms with Crippen LogP contribution in [0.3, 0.4) is 0 Å². The van der Waals surface area contributed by atoms with Gasteiger partial charge in [-0.2, -0.15) is 0 Å². The molecule has 1 saturated heterocycles. The number of nitrogens with zero attached hydrogens (tertiary/aromatic N) is 2. The van der Waals surface area contributed by atoms with Crippen LogP contribution in [0, 0.1) is 5.92 Å². The Kier molecular flexibility index (Phi) is 5.95. The van der Waals surface area contributed by atoms with Crippen LogP contribution in [0.1, 0.15) is 29.6 Å². The van der Waals surface area contributed by atoms with Gasteiger partial charge in [0.15, 0.2) is 11.6 Å². The number of ether oxygens (including phenoxy) is 1. The number of hydrogen-bond donors (Lipinski definition) is 0. The molecule has 0 radical (unpaired) electrons. The van der Waals surface area contributed by atoms with Crippen molar-refractivity contribution in [1.82, 2.24) is 4.90 Å². The van der Waals surface area contributed by atoms with E-state index in [9.17, 15) is 9.59 Å². The fourth-order valence-corrected chi connectivity index (χ4v) is 4.62. The minimum atomic E-state index is -0.497. The summed E-state index contributed by atoms with van der Waals surface area (Å²) in [6.45, 7) is 3.34. The summed E-state index contributed by atoms with van der Waals surface area (Å²) >= 11 is 0. The second kappa shape index (κ2) is 8.78. The van der Waals surface area contributed by atoms with Crippen LogP contribution in [0.25, 0.3) is 0 Å². The lowest BCUT2D eigenvalue weighted by atomic mass is 9.79. The van der Waals surface area contributed by atoms with E-state index in [1.54, 1.807) is 7.11 Å². The SMILES string of the molecule is COc1ccccc1N1CCN(C2CCCC(C(=O)c3ccccc3)C2=O)CC1. The molecular formula is C24H28N2O3. The third kappa shape index (κ3) is 4.06. The first-order chi connectivity index (χ1) is 14.2. The van der Waals surface area contributed by atoms with Gasteiger partial charge < -0.3 is 9.64 Å². The Morgan fingerprint density at radius 1 is 0.931 bits per heavy atom. The van der Waals surface area contributed by atoms with Crippen LogP contribution < -0.4 is 9.64 Å². The molecule has 152 valence electrons. The molecule has 0 bridgehead atoms. The molecule has 2 atom stereocenters. The molecule has 2 aliphatic rings. The van der Waals surface area contributed by atoms with Crippen LogP contribution in [0.15, 0.2) is 54.6 Å². The summed E-state index contributed by atoms with van der Waals surface area (Å²) < 4.78 is 5.49. The predicted molar refractivity (Wildman–Crippen MR) is 114 cm³/mol. The van der Waals surface area contributed by atoms with Crippen molar-refractivity contribution >= 4 is 17.3 Å². The predicted octanol–water partition coefficient (Wildman–Crippen LogP) is 3.44. The molecule has 1 aliphatic heterocycles. The van der Waals surface area contributed by atoms with Crippen molar-refractivity contribution < 1.29 is 14.3 Å². The van der Waals surface area contributed by atoms with Crippen LogP contribution in [-0.4, -0.2) is 55.8 Å². The molecule has 4 rings (SSSR count). The highest BCUT2D eigenvalue weighted by Gasteiger charge is 2.39. The standard InChI is InChI=1S/C24H28N2O3/c1-29-22-13-6-5-11-20(22)25-14-16-26(17-15-25)21-12-7-10-19(24(21)28)23(27)18-8-3-2-4-9-18/h2-6,8-9,11,13,19,21H,7,10,12,14-17H2,1H3. The maximum Gasteiger partial charge on any atom is 0.173 e. The summed E-state index contributed by atoms with van der Waals surface area (Å²) in [5, 5.41) is 0. The molecule has 0 aromatic heterocycles. The molecule has 2 aromatic rings.